The first-order chi connectivity index (χ1) is 5.90. The summed E-state index contributed by atoms with van der Waals surface area (Å²) in [5, 5.41) is 3.40. The fourth-order valence-electron chi connectivity index (χ4n) is 2.33. The van der Waals surface area contributed by atoms with Crippen molar-refractivity contribution in [2.75, 3.05) is 20.1 Å². The normalized spacial score (nSPS) is 33.2. The van der Waals surface area contributed by atoms with Crippen molar-refractivity contribution >= 4 is 0 Å². The third-order valence-corrected chi connectivity index (χ3v) is 3.45. The highest BCUT2D eigenvalue weighted by molar-refractivity contribution is 4.86. The Hall–Kier alpha value is -0.0800. The summed E-state index contributed by atoms with van der Waals surface area (Å²) < 4.78 is 0. The maximum Gasteiger partial charge on any atom is 0.0192 e. The van der Waals surface area contributed by atoms with Crippen LogP contribution in [0.3, 0.4) is 0 Å². The molecule has 2 fully saturated rings. The number of hydrogen-bond acceptors (Lipinski definition) is 2. The zero-order valence-electron chi connectivity index (χ0n) is 8.05. The van der Waals surface area contributed by atoms with Gasteiger partial charge in [0, 0.05) is 18.6 Å². The van der Waals surface area contributed by atoms with Crippen molar-refractivity contribution in [3.05, 3.63) is 0 Å². The quantitative estimate of drug-likeness (QED) is 0.667. The molecular formula is C10H20N2. The fourth-order valence-corrected chi connectivity index (χ4v) is 2.33. The van der Waals surface area contributed by atoms with E-state index in [2.05, 4.69) is 17.3 Å². The van der Waals surface area contributed by atoms with Crippen LogP contribution >= 0.6 is 0 Å². The molecular weight excluding hydrogens is 148 g/mol. The van der Waals surface area contributed by atoms with Crippen LogP contribution in [0.15, 0.2) is 0 Å². The summed E-state index contributed by atoms with van der Waals surface area (Å²) in [7, 11) is 2.09. The van der Waals surface area contributed by atoms with Gasteiger partial charge in [0.25, 0.3) is 0 Å². The number of piperidine rings is 1. The van der Waals surface area contributed by atoms with E-state index in [1.165, 1.54) is 45.2 Å². The predicted molar refractivity (Wildman–Crippen MR) is 51.3 cm³/mol. The molecule has 1 aliphatic carbocycles. The van der Waals surface area contributed by atoms with E-state index in [4.69, 9.17) is 0 Å². The average Bonchev–Trinajstić information content (AvgIpc) is 2.02. The molecule has 1 heterocycles. The molecule has 1 atom stereocenters. The molecule has 2 aliphatic rings. The summed E-state index contributed by atoms with van der Waals surface area (Å²) in [4.78, 5) is 2.69. The lowest BCUT2D eigenvalue weighted by molar-refractivity contribution is 0.0893. The van der Waals surface area contributed by atoms with Gasteiger partial charge in [-0.1, -0.05) is 6.42 Å². The Morgan fingerprint density at radius 2 is 2.00 bits per heavy atom. The van der Waals surface area contributed by atoms with Gasteiger partial charge in [0.05, 0.1) is 0 Å². The van der Waals surface area contributed by atoms with E-state index in [-0.39, 0.29) is 0 Å². The van der Waals surface area contributed by atoms with Crippen LogP contribution in [0.25, 0.3) is 0 Å². The van der Waals surface area contributed by atoms with Crippen molar-refractivity contribution in [1.82, 2.24) is 10.2 Å². The monoisotopic (exact) mass is 168 g/mol. The van der Waals surface area contributed by atoms with Crippen molar-refractivity contribution in [2.24, 2.45) is 0 Å². The van der Waals surface area contributed by atoms with Gasteiger partial charge < -0.3 is 5.32 Å². The average molecular weight is 168 g/mol. The Bertz CT molecular complexity index is 143. The summed E-state index contributed by atoms with van der Waals surface area (Å²) in [5.41, 5.74) is 0. The Labute approximate surface area is 75.3 Å². The smallest absolute Gasteiger partial charge is 0.0192 e. The molecule has 0 aromatic rings. The van der Waals surface area contributed by atoms with Crippen molar-refractivity contribution in [1.29, 1.82) is 0 Å². The van der Waals surface area contributed by atoms with Gasteiger partial charge in [-0.15, -0.1) is 0 Å². The maximum absolute atomic E-state index is 3.40. The lowest BCUT2D eigenvalue weighted by Gasteiger charge is -2.42. The first-order valence-electron chi connectivity index (χ1n) is 5.31. The Balaban J connectivity index is 1.81. The number of likely N-dealkylation sites (tertiary alicyclic amines) is 1. The summed E-state index contributed by atoms with van der Waals surface area (Å²) in [6, 6.07) is 1.71. The van der Waals surface area contributed by atoms with Crippen LogP contribution in [0.1, 0.15) is 32.1 Å². The van der Waals surface area contributed by atoms with Crippen molar-refractivity contribution < 1.29 is 0 Å². The number of hydrogen-bond donors (Lipinski definition) is 1. The molecule has 0 spiro atoms. The number of likely N-dealkylation sites (N-methyl/N-ethyl adjacent to an activating group) is 1. The third kappa shape index (κ3) is 1.64. The molecule has 1 saturated carbocycles. The molecule has 0 aromatic carbocycles. The lowest BCUT2D eigenvalue weighted by Crippen LogP contribution is -2.50. The summed E-state index contributed by atoms with van der Waals surface area (Å²) in [6.07, 6.45) is 7.14. The van der Waals surface area contributed by atoms with E-state index in [1.807, 2.05) is 0 Å². The zero-order valence-corrected chi connectivity index (χ0v) is 8.05. The second kappa shape index (κ2) is 3.75. The van der Waals surface area contributed by atoms with Crippen LogP contribution < -0.4 is 5.32 Å². The molecule has 1 N–H and O–H groups in total. The van der Waals surface area contributed by atoms with Crippen LogP contribution in [0.2, 0.25) is 0 Å². The van der Waals surface area contributed by atoms with E-state index in [0.29, 0.717) is 0 Å². The highest BCUT2D eigenvalue weighted by atomic mass is 15.2. The number of nitrogens with one attached hydrogen (secondary N) is 1. The van der Waals surface area contributed by atoms with Gasteiger partial charge in [0.2, 0.25) is 0 Å². The Kier molecular flexibility index (Phi) is 2.66. The fraction of sp³-hybridized carbons (Fsp3) is 1.00. The molecule has 0 radical (unpaired) electrons. The summed E-state index contributed by atoms with van der Waals surface area (Å²) in [6.45, 7) is 2.64. The molecule has 2 nitrogen and oxygen atoms in total. The molecule has 0 amide bonds. The second-order valence-electron chi connectivity index (χ2n) is 4.21. The summed E-state index contributed by atoms with van der Waals surface area (Å²) in [5.74, 6) is 0. The van der Waals surface area contributed by atoms with E-state index < -0.39 is 0 Å². The standard InChI is InChI=1S/C10H20N2/c1-11-9-4-3-7-12(8-9)10-5-2-6-10/h9-11H,2-8H2,1H3. The summed E-state index contributed by atoms with van der Waals surface area (Å²) >= 11 is 0. The molecule has 2 heteroatoms. The highest BCUT2D eigenvalue weighted by Crippen LogP contribution is 2.27. The molecule has 1 unspecified atom stereocenters. The minimum absolute atomic E-state index is 0.763. The molecule has 1 saturated heterocycles. The lowest BCUT2D eigenvalue weighted by atomic mass is 9.89. The molecule has 1 aliphatic heterocycles. The topological polar surface area (TPSA) is 15.3 Å². The largest absolute Gasteiger partial charge is 0.316 e. The molecule has 12 heavy (non-hydrogen) atoms. The molecule has 0 bridgehead atoms. The van der Waals surface area contributed by atoms with Gasteiger partial charge >= 0.3 is 0 Å². The molecule has 70 valence electrons. The van der Waals surface area contributed by atoms with Crippen molar-refractivity contribution in [3.63, 3.8) is 0 Å². The van der Waals surface area contributed by atoms with E-state index >= 15 is 0 Å². The van der Waals surface area contributed by atoms with Crippen LogP contribution in [0, 0.1) is 0 Å². The van der Waals surface area contributed by atoms with Crippen LogP contribution in [-0.2, 0) is 0 Å². The van der Waals surface area contributed by atoms with Gasteiger partial charge in [-0.05, 0) is 39.3 Å². The molecule has 0 aromatic heterocycles. The minimum Gasteiger partial charge on any atom is -0.316 e. The first kappa shape index (κ1) is 8.52. The van der Waals surface area contributed by atoms with Gasteiger partial charge in [-0.2, -0.15) is 0 Å². The van der Waals surface area contributed by atoms with Gasteiger partial charge in [-0.3, -0.25) is 4.90 Å². The van der Waals surface area contributed by atoms with E-state index in [9.17, 15) is 0 Å². The van der Waals surface area contributed by atoms with Crippen LogP contribution in [0.5, 0.6) is 0 Å². The van der Waals surface area contributed by atoms with E-state index in [1.54, 1.807) is 0 Å². The highest BCUT2D eigenvalue weighted by Gasteiger charge is 2.28. The van der Waals surface area contributed by atoms with Gasteiger partial charge in [-0.25, -0.2) is 0 Å². The van der Waals surface area contributed by atoms with Crippen molar-refractivity contribution in [2.45, 2.75) is 44.2 Å². The predicted octanol–water partition coefficient (Wildman–Crippen LogP) is 1.22. The zero-order chi connectivity index (χ0) is 8.39. The number of rotatable bonds is 2. The van der Waals surface area contributed by atoms with Crippen molar-refractivity contribution in [3.8, 4) is 0 Å². The maximum atomic E-state index is 3.40. The van der Waals surface area contributed by atoms with E-state index in [0.717, 1.165) is 12.1 Å². The Morgan fingerprint density at radius 1 is 1.17 bits per heavy atom. The van der Waals surface area contributed by atoms with Crippen LogP contribution in [0.4, 0.5) is 0 Å². The van der Waals surface area contributed by atoms with Crippen LogP contribution in [-0.4, -0.2) is 37.1 Å². The van der Waals surface area contributed by atoms with Gasteiger partial charge in [0.15, 0.2) is 0 Å². The molecule has 2 rings (SSSR count). The first-order valence-corrected chi connectivity index (χ1v) is 5.31. The second-order valence-corrected chi connectivity index (χ2v) is 4.21. The number of nitrogens with zero attached hydrogens (tertiary/aromatic N) is 1. The minimum atomic E-state index is 0.763. The van der Waals surface area contributed by atoms with Gasteiger partial charge in [0.1, 0.15) is 0 Å². The third-order valence-electron chi connectivity index (χ3n) is 3.45. The Morgan fingerprint density at radius 3 is 2.58 bits per heavy atom. The SMILES string of the molecule is CNC1CCCN(C2CCC2)C1.